The molecular weight excluding hydrogens is 711 g/mol. The van der Waals surface area contributed by atoms with E-state index in [-0.39, 0.29) is 0 Å². The Kier molecular flexibility index (Phi) is 9.68. The van der Waals surface area contributed by atoms with E-state index >= 15 is 0 Å². The lowest BCUT2D eigenvalue weighted by Crippen LogP contribution is -2.12. The minimum atomic E-state index is 1.08. The van der Waals surface area contributed by atoms with E-state index in [9.17, 15) is 0 Å². The van der Waals surface area contributed by atoms with Crippen LogP contribution in [0.25, 0.3) is 77.5 Å². The maximum atomic E-state index is 2.44. The van der Waals surface area contributed by atoms with E-state index in [0.29, 0.717) is 0 Å². The van der Waals surface area contributed by atoms with Gasteiger partial charge >= 0.3 is 0 Å². The van der Waals surface area contributed by atoms with E-state index in [1.807, 2.05) is 0 Å². The first kappa shape index (κ1) is 35.7. The van der Waals surface area contributed by atoms with Crippen molar-refractivity contribution in [2.75, 3.05) is 4.90 Å². The highest BCUT2D eigenvalue weighted by Gasteiger charge is 2.22. The lowest BCUT2D eigenvalue weighted by atomic mass is 9.89. The number of para-hydroxylation sites is 1. The van der Waals surface area contributed by atoms with Crippen LogP contribution in [-0.2, 0) is 0 Å². The Labute approximate surface area is 346 Å². The monoisotopic (exact) mass is 751 g/mol. The fraction of sp³-hybridized carbons (Fsp3) is 0. The second-order valence-electron chi connectivity index (χ2n) is 14.9. The number of hydrogen-bond acceptors (Lipinski definition) is 1. The molecule has 0 amide bonds. The molecule has 0 aromatic heterocycles. The van der Waals surface area contributed by atoms with E-state index in [2.05, 4.69) is 254 Å². The van der Waals surface area contributed by atoms with Gasteiger partial charge in [-0.2, -0.15) is 0 Å². The van der Waals surface area contributed by atoms with Gasteiger partial charge in [0.2, 0.25) is 0 Å². The Morgan fingerprint density at radius 2 is 0.559 bits per heavy atom. The molecule has 0 aliphatic heterocycles. The molecule has 0 aliphatic carbocycles. The summed E-state index contributed by atoms with van der Waals surface area (Å²) in [5, 5.41) is 2.49. The van der Waals surface area contributed by atoms with Crippen molar-refractivity contribution in [1.82, 2.24) is 0 Å². The number of anilines is 3. The normalized spacial score (nSPS) is 11.1. The van der Waals surface area contributed by atoms with Crippen LogP contribution in [0.15, 0.2) is 249 Å². The SMILES string of the molecule is c1ccc(-c2ccccc2-c2ccccc2-c2ccc(N(c3ccc(-c4ccc5ccccc5c4)cc3)c3c(-c4ccccc4)cccc3-c3ccccc3)cc2)cc1. The topological polar surface area (TPSA) is 3.24 Å². The van der Waals surface area contributed by atoms with Crippen molar-refractivity contribution in [3.8, 4) is 66.8 Å². The molecule has 0 unspecified atom stereocenters. The minimum absolute atomic E-state index is 1.08. The fourth-order valence-corrected chi connectivity index (χ4v) is 8.41. The third-order valence-electron chi connectivity index (χ3n) is 11.3. The molecule has 0 saturated carbocycles. The first-order valence-electron chi connectivity index (χ1n) is 20.3. The number of benzene rings is 10. The Bertz CT molecular complexity index is 2950. The quantitative estimate of drug-likeness (QED) is 0.142. The summed E-state index contributed by atoms with van der Waals surface area (Å²) in [5.41, 5.74) is 17.6. The predicted molar refractivity (Wildman–Crippen MR) is 251 cm³/mol. The highest BCUT2D eigenvalue weighted by molar-refractivity contribution is 5.98. The van der Waals surface area contributed by atoms with Gasteiger partial charge in [0.05, 0.1) is 5.69 Å². The third kappa shape index (κ3) is 7.12. The number of nitrogens with zero attached hydrogens (tertiary/aromatic N) is 1. The summed E-state index contributed by atoms with van der Waals surface area (Å²) in [4.78, 5) is 2.44. The van der Waals surface area contributed by atoms with E-state index in [4.69, 9.17) is 0 Å². The second-order valence-corrected chi connectivity index (χ2v) is 14.9. The zero-order valence-corrected chi connectivity index (χ0v) is 32.6. The molecule has 0 heterocycles. The van der Waals surface area contributed by atoms with Crippen LogP contribution in [0.5, 0.6) is 0 Å². The molecule has 0 spiro atoms. The van der Waals surface area contributed by atoms with Crippen molar-refractivity contribution in [2.45, 2.75) is 0 Å². The molecule has 0 fully saturated rings. The molecule has 10 aromatic carbocycles. The molecule has 0 atom stereocenters. The number of rotatable bonds is 9. The highest BCUT2D eigenvalue weighted by atomic mass is 15.1. The van der Waals surface area contributed by atoms with Crippen molar-refractivity contribution in [2.24, 2.45) is 0 Å². The second kappa shape index (κ2) is 16.0. The molecule has 0 N–H and O–H groups in total. The van der Waals surface area contributed by atoms with Gasteiger partial charge in [0.15, 0.2) is 0 Å². The zero-order valence-electron chi connectivity index (χ0n) is 32.6. The molecule has 278 valence electrons. The zero-order chi connectivity index (χ0) is 39.4. The molecule has 1 nitrogen and oxygen atoms in total. The summed E-state index contributed by atoms with van der Waals surface area (Å²) in [6.45, 7) is 0. The van der Waals surface area contributed by atoms with Gasteiger partial charge in [0.1, 0.15) is 0 Å². The van der Waals surface area contributed by atoms with Crippen molar-refractivity contribution in [1.29, 1.82) is 0 Å². The van der Waals surface area contributed by atoms with Gasteiger partial charge in [-0.3, -0.25) is 0 Å². The van der Waals surface area contributed by atoms with Crippen LogP contribution < -0.4 is 4.90 Å². The standard InChI is InChI=1S/C58H41N/c1-4-18-44(19-5-1)52-25-12-14-27-56(52)57-28-15-13-26-53(57)47-35-39-51(40-36-47)59(50-37-33-43(34-38-50)49-32-31-42-17-10-11-24-48(42)41-49)58-54(45-20-6-2-7-21-45)29-16-30-55(58)46-22-8-3-9-23-46/h1-41H. The molecule has 0 saturated heterocycles. The van der Waals surface area contributed by atoms with Gasteiger partial charge in [-0.25, -0.2) is 0 Å². The van der Waals surface area contributed by atoms with Gasteiger partial charge in [-0.1, -0.05) is 218 Å². The van der Waals surface area contributed by atoms with E-state index in [1.54, 1.807) is 0 Å². The average molecular weight is 752 g/mol. The van der Waals surface area contributed by atoms with Crippen LogP contribution in [0.2, 0.25) is 0 Å². The molecule has 1 heteroatoms. The van der Waals surface area contributed by atoms with Gasteiger partial charge in [-0.15, -0.1) is 0 Å². The average Bonchev–Trinajstić information content (AvgIpc) is 3.33. The van der Waals surface area contributed by atoms with Crippen LogP contribution in [0.3, 0.4) is 0 Å². The molecule has 10 rings (SSSR count). The van der Waals surface area contributed by atoms with Gasteiger partial charge in [0.25, 0.3) is 0 Å². The van der Waals surface area contributed by atoms with Crippen LogP contribution in [0.1, 0.15) is 0 Å². The molecule has 59 heavy (non-hydrogen) atoms. The van der Waals surface area contributed by atoms with Crippen LogP contribution in [0.4, 0.5) is 17.1 Å². The van der Waals surface area contributed by atoms with Crippen molar-refractivity contribution in [3.05, 3.63) is 249 Å². The summed E-state index contributed by atoms with van der Waals surface area (Å²) in [6, 6.07) is 89.8. The summed E-state index contributed by atoms with van der Waals surface area (Å²) in [7, 11) is 0. The predicted octanol–water partition coefficient (Wildman–Crippen LogP) is 16.3. The Morgan fingerprint density at radius 3 is 1.07 bits per heavy atom. The Balaban J connectivity index is 1.13. The molecule has 0 radical (unpaired) electrons. The smallest absolute Gasteiger partial charge is 0.0618 e. The van der Waals surface area contributed by atoms with E-state index < -0.39 is 0 Å². The Hall–Kier alpha value is -7.74. The highest BCUT2D eigenvalue weighted by Crippen LogP contribution is 2.47. The van der Waals surface area contributed by atoms with Gasteiger partial charge in [0, 0.05) is 22.5 Å². The molecule has 0 aliphatic rings. The lowest BCUT2D eigenvalue weighted by molar-refractivity contribution is 1.28. The van der Waals surface area contributed by atoms with E-state index in [0.717, 1.165) is 28.2 Å². The largest absolute Gasteiger partial charge is 0.309 e. The summed E-state index contributed by atoms with van der Waals surface area (Å²) >= 11 is 0. The minimum Gasteiger partial charge on any atom is -0.309 e. The van der Waals surface area contributed by atoms with Gasteiger partial charge in [-0.05, 0) is 96.7 Å². The Morgan fingerprint density at radius 1 is 0.203 bits per heavy atom. The van der Waals surface area contributed by atoms with Crippen molar-refractivity contribution < 1.29 is 0 Å². The van der Waals surface area contributed by atoms with Crippen molar-refractivity contribution in [3.63, 3.8) is 0 Å². The third-order valence-corrected chi connectivity index (χ3v) is 11.3. The van der Waals surface area contributed by atoms with Crippen molar-refractivity contribution >= 4 is 27.8 Å². The molecular formula is C58H41N. The first-order chi connectivity index (χ1) is 29.3. The maximum absolute atomic E-state index is 2.44. The summed E-state index contributed by atoms with van der Waals surface area (Å²) in [6.07, 6.45) is 0. The molecule has 10 aromatic rings. The summed E-state index contributed by atoms with van der Waals surface area (Å²) in [5.74, 6) is 0. The van der Waals surface area contributed by atoms with E-state index in [1.165, 1.54) is 66.4 Å². The lowest BCUT2D eigenvalue weighted by Gasteiger charge is -2.31. The van der Waals surface area contributed by atoms with Crippen LogP contribution >= 0.6 is 0 Å². The molecule has 0 bridgehead atoms. The first-order valence-corrected chi connectivity index (χ1v) is 20.3. The van der Waals surface area contributed by atoms with Gasteiger partial charge < -0.3 is 4.90 Å². The number of fused-ring (bicyclic) bond motifs is 1. The summed E-state index contributed by atoms with van der Waals surface area (Å²) < 4.78 is 0. The number of hydrogen-bond donors (Lipinski definition) is 0. The fourth-order valence-electron chi connectivity index (χ4n) is 8.41. The maximum Gasteiger partial charge on any atom is 0.0618 e. The van der Waals surface area contributed by atoms with Crippen LogP contribution in [0, 0.1) is 0 Å². The van der Waals surface area contributed by atoms with Crippen LogP contribution in [-0.4, -0.2) is 0 Å².